The Hall–Kier alpha value is -4.44. The third-order valence-corrected chi connectivity index (χ3v) is 7.34. The fourth-order valence-corrected chi connectivity index (χ4v) is 5.47. The predicted octanol–water partition coefficient (Wildman–Crippen LogP) is 3.43. The van der Waals surface area contributed by atoms with Crippen LogP contribution in [0.15, 0.2) is 41.2 Å². The van der Waals surface area contributed by atoms with Gasteiger partial charge in [-0.25, -0.2) is 4.39 Å². The van der Waals surface area contributed by atoms with Crippen molar-refractivity contribution in [1.82, 2.24) is 15.2 Å². The van der Waals surface area contributed by atoms with Crippen LogP contribution >= 0.6 is 0 Å². The number of H-pyrrole nitrogens is 1. The number of nitrogens with one attached hydrogen (secondary N) is 2. The topological polar surface area (TPSA) is 119 Å². The number of hydrogen-bond donors (Lipinski definition) is 2. The minimum absolute atomic E-state index is 0.0770. The summed E-state index contributed by atoms with van der Waals surface area (Å²) in [7, 11) is 0. The van der Waals surface area contributed by atoms with Crippen molar-refractivity contribution in [2.45, 2.75) is 31.6 Å². The smallest absolute Gasteiger partial charge is 0.378 e. The van der Waals surface area contributed by atoms with E-state index in [-0.39, 0.29) is 72.5 Å². The number of anilines is 1. The second kappa shape index (κ2) is 10.9. The van der Waals surface area contributed by atoms with E-state index in [9.17, 15) is 37.2 Å². The summed E-state index contributed by atoms with van der Waals surface area (Å²) in [5, 5.41) is 12.4. The number of benzene rings is 2. The second-order valence-corrected chi connectivity index (χ2v) is 10.1. The van der Waals surface area contributed by atoms with E-state index in [4.69, 9.17) is 4.74 Å². The molecule has 2 atom stereocenters. The summed E-state index contributed by atoms with van der Waals surface area (Å²) < 4.78 is 62.6. The molecular formula is C28H25F4N5O4. The number of pyridine rings is 1. The zero-order chi connectivity index (χ0) is 29.5. The zero-order valence-electron chi connectivity index (χ0n) is 21.8. The Labute approximate surface area is 231 Å². The molecule has 2 saturated heterocycles. The van der Waals surface area contributed by atoms with Crippen molar-refractivity contribution in [2.75, 3.05) is 37.7 Å². The molecule has 0 saturated carbocycles. The van der Waals surface area contributed by atoms with Crippen LogP contribution < -0.4 is 15.8 Å². The van der Waals surface area contributed by atoms with E-state index < -0.39 is 47.0 Å². The van der Waals surface area contributed by atoms with Gasteiger partial charge in [-0.05, 0) is 31.5 Å². The molecule has 0 bridgehead atoms. The van der Waals surface area contributed by atoms with E-state index in [2.05, 4.69) is 10.3 Å². The Kier molecular flexibility index (Phi) is 7.44. The lowest BCUT2D eigenvalue weighted by molar-refractivity contribution is -0.137. The summed E-state index contributed by atoms with van der Waals surface area (Å²) in [4.78, 5) is 44.0. The Morgan fingerprint density at radius 2 is 1.88 bits per heavy atom. The number of halogens is 4. The Bertz CT molecular complexity index is 1620. The number of carbonyl (C=O) groups excluding carboxylic acids is 2. The molecule has 0 unspecified atom stereocenters. The molecule has 0 aliphatic carbocycles. The monoisotopic (exact) mass is 571 g/mol. The van der Waals surface area contributed by atoms with Gasteiger partial charge in [0.1, 0.15) is 5.82 Å². The number of aromatic amines is 1. The van der Waals surface area contributed by atoms with Gasteiger partial charge in [0, 0.05) is 43.2 Å². The van der Waals surface area contributed by atoms with Crippen molar-refractivity contribution in [1.29, 1.82) is 5.26 Å². The van der Waals surface area contributed by atoms with Crippen LogP contribution in [-0.4, -0.2) is 66.6 Å². The van der Waals surface area contributed by atoms with Gasteiger partial charge in [-0.1, -0.05) is 12.1 Å². The number of rotatable bonds is 4. The molecule has 2 aliphatic rings. The van der Waals surface area contributed by atoms with E-state index in [1.54, 1.807) is 13.0 Å². The van der Waals surface area contributed by atoms with Gasteiger partial charge < -0.3 is 24.8 Å². The number of aromatic nitrogens is 1. The van der Waals surface area contributed by atoms with Crippen LogP contribution in [0.1, 0.15) is 45.2 Å². The number of morpholine rings is 1. The van der Waals surface area contributed by atoms with Crippen LogP contribution in [0, 0.1) is 17.1 Å². The number of alkyl halides is 3. The van der Waals surface area contributed by atoms with Gasteiger partial charge in [-0.2, -0.15) is 18.4 Å². The highest BCUT2D eigenvalue weighted by atomic mass is 19.4. The fourth-order valence-electron chi connectivity index (χ4n) is 5.47. The summed E-state index contributed by atoms with van der Waals surface area (Å²) in [5.74, 6) is -2.05. The van der Waals surface area contributed by atoms with Gasteiger partial charge in [0.2, 0.25) is 5.56 Å². The fraction of sp³-hybridized carbons (Fsp3) is 0.357. The Morgan fingerprint density at radius 3 is 2.56 bits per heavy atom. The molecule has 2 N–H and O–H groups in total. The minimum Gasteiger partial charge on any atom is -0.378 e. The lowest BCUT2D eigenvalue weighted by Gasteiger charge is -2.32. The molecule has 3 heterocycles. The average molecular weight is 572 g/mol. The maximum absolute atomic E-state index is 14.4. The van der Waals surface area contributed by atoms with E-state index in [1.807, 2.05) is 0 Å². The van der Waals surface area contributed by atoms with Crippen LogP contribution in [0.5, 0.6) is 0 Å². The van der Waals surface area contributed by atoms with E-state index >= 15 is 0 Å². The lowest BCUT2D eigenvalue weighted by Crippen LogP contribution is -2.42. The number of amides is 2. The molecule has 0 spiro atoms. The molecule has 3 aromatic rings. The second-order valence-electron chi connectivity index (χ2n) is 10.1. The number of ether oxygens (including phenoxy) is 1. The van der Waals surface area contributed by atoms with Crippen LogP contribution in [0.3, 0.4) is 0 Å². The van der Waals surface area contributed by atoms with Gasteiger partial charge in [0.25, 0.3) is 11.8 Å². The van der Waals surface area contributed by atoms with Crippen molar-refractivity contribution in [3.63, 3.8) is 0 Å². The van der Waals surface area contributed by atoms with Crippen LogP contribution in [-0.2, 0) is 10.9 Å². The molecule has 0 radical (unpaired) electrons. The SMILES string of the molecule is C[C@@H]1C[C@@H](NC(=O)c2cc(=O)[nH]c3c(F)cccc23)CN1c1c(C(=O)N2CCOCC2)cc(C#N)cc1C(F)(F)F. The average Bonchev–Trinajstić information content (AvgIpc) is 3.31. The standard InChI is InChI=1S/C28H25F4N5O4/c1-15-9-17(34-26(39)19-12-23(38)35-24-18(19)3-2-4-22(24)29)14-37(15)25-20(27(40)36-5-7-41-8-6-36)10-16(13-33)11-21(25)28(30,31)32/h2-4,10-12,15,17H,5-9,14H2,1H3,(H,34,39)(H,35,38)/t15-,17-/m1/s1. The zero-order valence-corrected chi connectivity index (χ0v) is 21.8. The van der Waals surface area contributed by atoms with Crippen LogP contribution in [0.4, 0.5) is 23.2 Å². The Morgan fingerprint density at radius 1 is 1.15 bits per heavy atom. The third kappa shape index (κ3) is 5.47. The minimum atomic E-state index is -4.88. The van der Waals surface area contributed by atoms with Gasteiger partial charge >= 0.3 is 6.18 Å². The van der Waals surface area contributed by atoms with Crippen molar-refractivity contribution in [2.24, 2.45) is 0 Å². The van der Waals surface area contributed by atoms with Crippen molar-refractivity contribution >= 4 is 28.4 Å². The van der Waals surface area contributed by atoms with E-state index in [0.29, 0.717) is 0 Å². The van der Waals surface area contributed by atoms with Crippen molar-refractivity contribution < 1.29 is 31.9 Å². The Balaban J connectivity index is 1.50. The summed E-state index contributed by atoms with van der Waals surface area (Å²) in [5.41, 5.74) is -2.94. The van der Waals surface area contributed by atoms with Crippen LogP contribution in [0.25, 0.3) is 10.9 Å². The number of nitriles is 1. The number of fused-ring (bicyclic) bond motifs is 1. The molecule has 13 heteroatoms. The largest absolute Gasteiger partial charge is 0.418 e. The first kappa shape index (κ1) is 28.1. The van der Waals surface area contributed by atoms with Gasteiger partial charge in [0.15, 0.2) is 0 Å². The normalized spacial score (nSPS) is 19.3. The molecule has 214 valence electrons. The molecule has 2 amide bonds. The number of nitrogens with zero attached hydrogens (tertiary/aromatic N) is 3. The predicted molar refractivity (Wildman–Crippen MR) is 140 cm³/mol. The highest BCUT2D eigenvalue weighted by Crippen LogP contribution is 2.42. The summed E-state index contributed by atoms with van der Waals surface area (Å²) in [6.45, 7) is 2.44. The van der Waals surface area contributed by atoms with E-state index in [1.165, 1.54) is 21.9 Å². The number of carbonyl (C=O) groups is 2. The first-order chi connectivity index (χ1) is 19.5. The number of hydrogen-bond acceptors (Lipinski definition) is 6. The molecule has 2 fully saturated rings. The molecule has 2 aromatic carbocycles. The summed E-state index contributed by atoms with van der Waals surface area (Å²) in [6.07, 6.45) is -4.65. The lowest BCUT2D eigenvalue weighted by atomic mass is 9.99. The molecule has 9 nitrogen and oxygen atoms in total. The van der Waals surface area contributed by atoms with Gasteiger partial charge in [-0.3, -0.25) is 14.4 Å². The quantitative estimate of drug-likeness (QED) is 0.464. The van der Waals surface area contributed by atoms with E-state index in [0.717, 1.165) is 24.3 Å². The molecular weight excluding hydrogens is 546 g/mol. The molecule has 2 aliphatic heterocycles. The van der Waals surface area contributed by atoms with Crippen molar-refractivity contribution in [3.8, 4) is 6.07 Å². The maximum atomic E-state index is 14.4. The first-order valence-electron chi connectivity index (χ1n) is 12.9. The highest BCUT2D eigenvalue weighted by Gasteiger charge is 2.42. The molecule has 41 heavy (non-hydrogen) atoms. The van der Waals surface area contributed by atoms with Crippen LogP contribution in [0.2, 0.25) is 0 Å². The van der Waals surface area contributed by atoms with Gasteiger partial charge in [0.05, 0.1) is 52.7 Å². The maximum Gasteiger partial charge on any atom is 0.418 e. The number of para-hydroxylation sites is 1. The third-order valence-electron chi connectivity index (χ3n) is 7.34. The van der Waals surface area contributed by atoms with Gasteiger partial charge in [-0.15, -0.1) is 0 Å². The van der Waals surface area contributed by atoms with Crippen molar-refractivity contribution in [3.05, 3.63) is 74.8 Å². The first-order valence-corrected chi connectivity index (χ1v) is 12.9. The highest BCUT2D eigenvalue weighted by molar-refractivity contribution is 6.06. The molecule has 5 rings (SSSR count). The summed E-state index contributed by atoms with van der Waals surface area (Å²) in [6, 6.07) is 7.44. The summed E-state index contributed by atoms with van der Waals surface area (Å²) >= 11 is 0. The molecule has 1 aromatic heterocycles.